The summed E-state index contributed by atoms with van der Waals surface area (Å²) in [4.78, 5) is 11.8. The third-order valence-electron chi connectivity index (χ3n) is 4.11. The summed E-state index contributed by atoms with van der Waals surface area (Å²) in [6.45, 7) is 13.7. The lowest BCUT2D eigenvalue weighted by Gasteiger charge is -2.22. The number of Topliss-reactive ketones (excluding diaryl/α,β-unsaturated/α-hetero) is 1. The first kappa shape index (κ1) is 15.7. The number of hydrogen-bond acceptors (Lipinski definition) is 2. The quantitative estimate of drug-likeness (QED) is 0.680. The van der Waals surface area contributed by atoms with Crippen LogP contribution in [0.15, 0.2) is 0 Å². The second-order valence-electron chi connectivity index (χ2n) is 7.30. The molecule has 0 saturated heterocycles. The van der Waals surface area contributed by atoms with E-state index in [1.54, 1.807) is 0 Å². The standard InChI is InChI=1S/C16H30O2/c1-7-16(18-9-8-15(4,5)6)11-13(16)10-14(17)12(2)3/h12-13H,7-11H2,1-6H3. The average molecular weight is 254 g/mol. The molecular weight excluding hydrogens is 224 g/mol. The van der Waals surface area contributed by atoms with Crippen molar-refractivity contribution >= 4 is 5.78 Å². The van der Waals surface area contributed by atoms with Gasteiger partial charge in [0.1, 0.15) is 5.78 Å². The van der Waals surface area contributed by atoms with Gasteiger partial charge in [-0.05, 0) is 30.6 Å². The monoisotopic (exact) mass is 254 g/mol. The molecule has 0 heterocycles. The third kappa shape index (κ3) is 4.38. The molecule has 0 aromatic rings. The molecule has 0 aliphatic heterocycles. The van der Waals surface area contributed by atoms with Gasteiger partial charge in [0.25, 0.3) is 0 Å². The van der Waals surface area contributed by atoms with Gasteiger partial charge >= 0.3 is 0 Å². The van der Waals surface area contributed by atoms with Crippen molar-refractivity contribution in [3.05, 3.63) is 0 Å². The van der Waals surface area contributed by atoms with Crippen LogP contribution in [-0.4, -0.2) is 18.0 Å². The van der Waals surface area contributed by atoms with Crippen LogP contribution in [0.4, 0.5) is 0 Å². The number of hydrogen-bond donors (Lipinski definition) is 0. The summed E-state index contributed by atoms with van der Waals surface area (Å²) in [5.74, 6) is 1.02. The lowest BCUT2D eigenvalue weighted by Crippen LogP contribution is -2.21. The molecule has 2 nitrogen and oxygen atoms in total. The molecule has 1 fully saturated rings. The Labute approximate surface area is 112 Å². The highest BCUT2D eigenvalue weighted by Gasteiger charge is 2.54. The lowest BCUT2D eigenvalue weighted by molar-refractivity contribution is -0.122. The Hall–Kier alpha value is -0.370. The van der Waals surface area contributed by atoms with E-state index >= 15 is 0 Å². The number of carbonyl (C=O) groups is 1. The zero-order valence-electron chi connectivity index (χ0n) is 13.0. The minimum Gasteiger partial charge on any atom is -0.375 e. The second-order valence-corrected chi connectivity index (χ2v) is 7.30. The van der Waals surface area contributed by atoms with Crippen LogP contribution in [0.3, 0.4) is 0 Å². The van der Waals surface area contributed by atoms with E-state index < -0.39 is 0 Å². The summed E-state index contributed by atoms with van der Waals surface area (Å²) in [5, 5.41) is 0. The van der Waals surface area contributed by atoms with Gasteiger partial charge < -0.3 is 4.74 Å². The number of carbonyl (C=O) groups excluding carboxylic acids is 1. The van der Waals surface area contributed by atoms with Gasteiger partial charge in [-0.25, -0.2) is 0 Å². The topological polar surface area (TPSA) is 26.3 Å². The van der Waals surface area contributed by atoms with Crippen LogP contribution >= 0.6 is 0 Å². The van der Waals surface area contributed by atoms with Crippen LogP contribution in [-0.2, 0) is 9.53 Å². The van der Waals surface area contributed by atoms with Crippen molar-refractivity contribution in [1.82, 2.24) is 0 Å². The zero-order valence-corrected chi connectivity index (χ0v) is 13.0. The van der Waals surface area contributed by atoms with E-state index in [1.807, 2.05) is 13.8 Å². The molecule has 1 aliphatic carbocycles. The summed E-state index contributed by atoms with van der Waals surface area (Å²) >= 11 is 0. The largest absolute Gasteiger partial charge is 0.375 e. The third-order valence-corrected chi connectivity index (χ3v) is 4.11. The van der Waals surface area contributed by atoms with Gasteiger partial charge in [0.15, 0.2) is 0 Å². The first-order chi connectivity index (χ1) is 8.20. The average Bonchev–Trinajstić information content (AvgIpc) is 2.90. The molecule has 0 amide bonds. The predicted molar refractivity (Wildman–Crippen MR) is 75.6 cm³/mol. The maximum absolute atomic E-state index is 11.8. The summed E-state index contributed by atoms with van der Waals surface area (Å²) in [6, 6.07) is 0. The van der Waals surface area contributed by atoms with Crippen LogP contribution < -0.4 is 0 Å². The molecule has 0 spiro atoms. The van der Waals surface area contributed by atoms with Gasteiger partial charge in [0.05, 0.1) is 5.60 Å². The molecule has 2 atom stereocenters. The highest BCUT2D eigenvalue weighted by Crippen LogP contribution is 2.52. The van der Waals surface area contributed by atoms with E-state index in [0.717, 1.165) is 25.9 Å². The molecule has 2 unspecified atom stereocenters. The van der Waals surface area contributed by atoms with Crippen LogP contribution in [0, 0.1) is 17.3 Å². The molecule has 1 saturated carbocycles. The summed E-state index contributed by atoms with van der Waals surface area (Å²) < 4.78 is 6.11. The molecule has 2 heteroatoms. The Bertz CT molecular complexity index is 288. The Balaban J connectivity index is 2.37. The van der Waals surface area contributed by atoms with Gasteiger partial charge in [-0.2, -0.15) is 0 Å². The molecule has 0 aromatic carbocycles. The number of ketones is 1. The van der Waals surface area contributed by atoms with Crippen LogP contribution in [0.2, 0.25) is 0 Å². The van der Waals surface area contributed by atoms with Gasteiger partial charge in [-0.3, -0.25) is 4.79 Å². The zero-order chi connectivity index (χ0) is 14.0. The van der Waals surface area contributed by atoms with Crippen molar-refractivity contribution in [3.8, 4) is 0 Å². The van der Waals surface area contributed by atoms with Crippen molar-refractivity contribution in [1.29, 1.82) is 0 Å². The minimum absolute atomic E-state index is 0.0236. The Morgan fingerprint density at radius 1 is 1.39 bits per heavy atom. The fourth-order valence-electron chi connectivity index (χ4n) is 2.37. The molecule has 106 valence electrons. The van der Waals surface area contributed by atoms with Crippen molar-refractivity contribution < 1.29 is 9.53 Å². The Kier molecular flexibility index (Phi) is 4.99. The Morgan fingerprint density at radius 2 is 2.00 bits per heavy atom. The van der Waals surface area contributed by atoms with Crippen LogP contribution in [0.25, 0.3) is 0 Å². The normalized spacial score (nSPS) is 27.6. The lowest BCUT2D eigenvalue weighted by atomic mass is 9.93. The van der Waals surface area contributed by atoms with Crippen molar-refractivity contribution in [2.45, 2.75) is 72.8 Å². The van der Waals surface area contributed by atoms with E-state index in [-0.39, 0.29) is 11.5 Å². The maximum atomic E-state index is 11.8. The van der Waals surface area contributed by atoms with E-state index in [2.05, 4.69) is 27.7 Å². The highest BCUT2D eigenvalue weighted by molar-refractivity contribution is 5.81. The molecule has 0 N–H and O–H groups in total. The van der Waals surface area contributed by atoms with Crippen LogP contribution in [0.1, 0.15) is 67.2 Å². The molecular formula is C16H30O2. The first-order valence-electron chi connectivity index (χ1n) is 7.37. The minimum atomic E-state index is 0.0236. The maximum Gasteiger partial charge on any atom is 0.135 e. The summed E-state index contributed by atoms with van der Waals surface area (Å²) in [7, 11) is 0. The molecule has 0 aromatic heterocycles. The molecule has 1 rings (SSSR count). The molecule has 18 heavy (non-hydrogen) atoms. The number of ether oxygens (including phenoxy) is 1. The van der Waals surface area contributed by atoms with Crippen molar-refractivity contribution in [3.63, 3.8) is 0 Å². The first-order valence-corrected chi connectivity index (χ1v) is 7.37. The summed E-state index contributed by atoms with van der Waals surface area (Å²) in [5.41, 5.74) is 0.350. The fourth-order valence-corrected chi connectivity index (χ4v) is 2.37. The molecule has 0 bridgehead atoms. The fraction of sp³-hybridized carbons (Fsp3) is 0.938. The van der Waals surface area contributed by atoms with Gasteiger partial charge in [-0.1, -0.05) is 41.5 Å². The smallest absolute Gasteiger partial charge is 0.135 e. The van der Waals surface area contributed by atoms with Crippen LogP contribution in [0.5, 0.6) is 0 Å². The molecule has 0 radical (unpaired) electrons. The van der Waals surface area contributed by atoms with Gasteiger partial charge in [0.2, 0.25) is 0 Å². The number of rotatable bonds is 7. The van der Waals surface area contributed by atoms with E-state index in [0.29, 0.717) is 23.5 Å². The summed E-state index contributed by atoms with van der Waals surface area (Å²) in [6.07, 6.45) is 3.90. The van der Waals surface area contributed by atoms with E-state index in [9.17, 15) is 4.79 Å². The van der Waals surface area contributed by atoms with Crippen molar-refractivity contribution in [2.24, 2.45) is 17.3 Å². The molecule has 1 aliphatic rings. The highest BCUT2D eigenvalue weighted by atomic mass is 16.5. The SMILES string of the molecule is CCC1(OCCC(C)(C)C)CC1CC(=O)C(C)C. The predicted octanol–water partition coefficient (Wildman–Crippen LogP) is 4.22. The van der Waals surface area contributed by atoms with Crippen molar-refractivity contribution in [2.75, 3.05) is 6.61 Å². The van der Waals surface area contributed by atoms with E-state index in [1.165, 1.54) is 0 Å². The van der Waals surface area contributed by atoms with Gasteiger partial charge in [-0.15, -0.1) is 0 Å². The van der Waals surface area contributed by atoms with Gasteiger partial charge in [0, 0.05) is 18.9 Å². The second kappa shape index (κ2) is 5.73. The van der Waals surface area contributed by atoms with E-state index in [4.69, 9.17) is 4.74 Å². The Morgan fingerprint density at radius 3 is 2.44 bits per heavy atom.